The summed E-state index contributed by atoms with van der Waals surface area (Å²) in [4.78, 5) is 38.5. The number of nitrogens with one attached hydrogen (secondary N) is 1. The number of aliphatic carboxylic acids is 1. The van der Waals surface area contributed by atoms with Gasteiger partial charge in [0.25, 0.3) is 0 Å². The zero-order valence-corrected chi connectivity index (χ0v) is 19.6. The van der Waals surface area contributed by atoms with Crippen LogP contribution in [0.3, 0.4) is 0 Å². The Balaban J connectivity index is 1.25. The SMILES string of the molecule is CCCC1(C(=O)O)CCCN1C(=O)CCCNC(=O)OCC1c2ccccc2-c2ccccc21. The molecule has 7 heteroatoms. The second-order valence-electron chi connectivity index (χ2n) is 9.09. The number of carboxylic acids is 1. The number of ether oxygens (including phenoxy) is 1. The van der Waals surface area contributed by atoms with Gasteiger partial charge in [-0.2, -0.15) is 0 Å². The summed E-state index contributed by atoms with van der Waals surface area (Å²) in [6.07, 6.45) is 2.49. The number of likely N-dealkylation sites (tertiary alicyclic amines) is 1. The number of nitrogens with zero attached hydrogens (tertiary/aromatic N) is 1. The molecule has 0 aromatic heterocycles. The normalized spacial score (nSPS) is 18.9. The summed E-state index contributed by atoms with van der Waals surface area (Å²) in [5.74, 6) is -1.09. The summed E-state index contributed by atoms with van der Waals surface area (Å²) in [6.45, 7) is 2.95. The van der Waals surface area contributed by atoms with Crippen LogP contribution in [0.4, 0.5) is 4.79 Å². The van der Waals surface area contributed by atoms with Gasteiger partial charge in [-0.25, -0.2) is 9.59 Å². The van der Waals surface area contributed by atoms with Crippen molar-refractivity contribution in [2.75, 3.05) is 19.7 Å². The van der Waals surface area contributed by atoms with Crippen molar-refractivity contribution in [1.29, 1.82) is 0 Å². The Morgan fingerprint density at radius 1 is 1.09 bits per heavy atom. The molecule has 2 aromatic rings. The van der Waals surface area contributed by atoms with Crippen LogP contribution in [0.2, 0.25) is 0 Å². The zero-order valence-electron chi connectivity index (χ0n) is 19.6. The second-order valence-corrected chi connectivity index (χ2v) is 9.09. The largest absolute Gasteiger partial charge is 0.479 e. The third-order valence-corrected chi connectivity index (χ3v) is 7.03. The number of carbonyl (C=O) groups excluding carboxylic acids is 2. The minimum atomic E-state index is -1.08. The minimum Gasteiger partial charge on any atom is -0.479 e. The Kier molecular flexibility index (Phi) is 7.20. The molecule has 1 saturated heterocycles. The molecule has 0 spiro atoms. The number of benzene rings is 2. The van der Waals surface area contributed by atoms with E-state index < -0.39 is 17.6 Å². The molecular weight excluding hydrogens is 432 g/mol. The van der Waals surface area contributed by atoms with E-state index in [-0.39, 0.29) is 24.9 Å². The number of hydrogen-bond donors (Lipinski definition) is 2. The van der Waals surface area contributed by atoms with Gasteiger partial charge in [0.1, 0.15) is 12.1 Å². The van der Waals surface area contributed by atoms with E-state index >= 15 is 0 Å². The fraction of sp³-hybridized carbons (Fsp3) is 0.444. The van der Waals surface area contributed by atoms with E-state index in [4.69, 9.17) is 4.74 Å². The van der Waals surface area contributed by atoms with Crippen LogP contribution in [0.15, 0.2) is 48.5 Å². The maximum atomic E-state index is 12.7. The highest BCUT2D eigenvalue weighted by atomic mass is 16.5. The molecule has 1 aliphatic carbocycles. The number of amides is 2. The number of hydrogen-bond acceptors (Lipinski definition) is 4. The van der Waals surface area contributed by atoms with Gasteiger partial charge >= 0.3 is 12.1 Å². The van der Waals surface area contributed by atoms with Gasteiger partial charge in [-0.05, 0) is 47.9 Å². The molecule has 4 rings (SSSR count). The summed E-state index contributed by atoms with van der Waals surface area (Å²) in [5, 5.41) is 12.5. The van der Waals surface area contributed by atoms with Gasteiger partial charge in [0.2, 0.25) is 5.91 Å². The first-order valence-electron chi connectivity index (χ1n) is 12.1. The van der Waals surface area contributed by atoms with Gasteiger partial charge in [-0.15, -0.1) is 0 Å². The van der Waals surface area contributed by atoms with Crippen LogP contribution in [0, 0.1) is 0 Å². The summed E-state index contributed by atoms with van der Waals surface area (Å²) >= 11 is 0. The first-order valence-corrected chi connectivity index (χ1v) is 12.1. The molecule has 34 heavy (non-hydrogen) atoms. The maximum absolute atomic E-state index is 12.7. The van der Waals surface area contributed by atoms with Crippen molar-refractivity contribution in [3.8, 4) is 11.1 Å². The van der Waals surface area contributed by atoms with Crippen molar-refractivity contribution in [2.24, 2.45) is 0 Å². The molecule has 1 atom stereocenters. The molecule has 2 aliphatic rings. The van der Waals surface area contributed by atoms with Gasteiger partial charge in [-0.1, -0.05) is 61.9 Å². The summed E-state index contributed by atoms with van der Waals surface area (Å²) in [6, 6.07) is 16.3. The summed E-state index contributed by atoms with van der Waals surface area (Å²) in [7, 11) is 0. The van der Waals surface area contributed by atoms with Gasteiger partial charge in [-0.3, -0.25) is 4.79 Å². The van der Waals surface area contributed by atoms with Crippen LogP contribution in [0.5, 0.6) is 0 Å². The predicted octanol–water partition coefficient (Wildman–Crippen LogP) is 4.55. The van der Waals surface area contributed by atoms with Crippen LogP contribution in [0.25, 0.3) is 11.1 Å². The van der Waals surface area contributed by atoms with E-state index in [1.165, 1.54) is 16.0 Å². The van der Waals surface area contributed by atoms with E-state index in [1.54, 1.807) is 0 Å². The maximum Gasteiger partial charge on any atom is 0.407 e. The van der Waals surface area contributed by atoms with Crippen molar-refractivity contribution >= 4 is 18.0 Å². The van der Waals surface area contributed by atoms with E-state index in [9.17, 15) is 19.5 Å². The lowest BCUT2D eigenvalue weighted by molar-refractivity contribution is -0.157. The molecule has 2 N–H and O–H groups in total. The zero-order chi connectivity index (χ0) is 24.1. The molecule has 2 aromatic carbocycles. The topological polar surface area (TPSA) is 95.9 Å². The summed E-state index contributed by atoms with van der Waals surface area (Å²) < 4.78 is 5.52. The highest BCUT2D eigenvalue weighted by Gasteiger charge is 2.48. The van der Waals surface area contributed by atoms with Gasteiger partial charge < -0.3 is 20.1 Å². The van der Waals surface area contributed by atoms with Gasteiger partial charge in [0.05, 0.1) is 0 Å². The van der Waals surface area contributed by atoms with Gasteiger partial charge in [0.15, 0.2) is 0 Å². The smallest absolute Gasteiger partial charge is 0.407 e. The number of carboxylic acid groups (broad SMARTS) is 1. The van der Waals surface area contributed by atoms with Crippen LogP contribution < -0.4 is 5.32 Å². The molecule has 1 heterocycles. The van der Waals surface area contributed by atoms with E-state index in [0.717, 1.165) is 11.1 Å². The third kappa shape index (κ3) is 4.52. The Bertz CT molecular complexity index is 1020. The molecule has 1 unspecified atom stereocenters. The summed E-state index contributed by atoms with van der Waals surface area (Å²) in [5.41, 5.74) is 3.58. The third-order valence-electron chi connectivity index (χ3n) is 7.03. The molecule has 0 saturated carbocycles. The van der Waals surface area contributed by atoms with Crippen LogP contribution in [-0.2, 0) is 14.3 Å². The van der Waals surface area contributed by atoms with Crippen molar-refractivity contribution < 1.29 is 24.2 Å². The quantitative estimate of drug-likeness (QED) is 0.531. The molecule has 180 valence electrons. The monoisotopic (exact) mass is 464 g/mol. The predicted molar refractivity (Wildman–Crippen MR) is 129 cm³/mol. The highest BCUT2D eigenvalue weighted by Crippen LogP contribution is 2.44. The number of rotatable bonds is 9. The van der Waals surface area contributed by atoms with E-state index in [0.29, 0.717) is 45.2 Å². The number of carbonyl (C=O) groups is 3. The van der Waals surface area contributed by atoms with Crippen LogP contribution >= 0.6 is 0 Å². The molecule has 7 nitrogen and oxygen atoms in total. The number of fused-ring (bicyclic) bond motifs is 3. The Morgan fingerprint density at radius 2 is 1.74 bits per heavy atom. The average molecular weight is 465 g/mol. The lowest BCUT2D eigenvalue weighted by Crippen LogP contribution is -2.53. The fourth-order valence-electron chi connectivity index (χ4n) is 5.46. The minimum absolute atomic E-state index is 0.00222. The molecule has 0 bridgehead atoms. The fourth-order valence-corrected chi connectivity index (χ4v) is 5.46. The highest BCUT2D eigenvalue weighted by molar-refractivity contribution is 5.87. The van der Waals surface area contributed by atoms with Gasteiger partial charge in [0, 0.05) is 25.4 Å². The van der Waals surface area contributed by atoms with Crippen molar-refractivity contribution in [1.82, 2.24) is 10.2 Å². The first kappa shape index (κ1) is 23.8. The van der Waals surface area contributed by atoms with Crippen molar-refractivity contribution in [3.63, 3.8) is 0 Å². The average Bonchev–Trinajstić information content (AvgIpc) is 3.41. The van der Waals surface area contributed by atoms with Crippen LogP contribution in [-0.4, -0.2) is 53.2 Å². The lowest BCUT2D eigenvalue weighted by Gasteiger charge is -2.34. The van der Waals surface area contributed by atoms with E-state index in [2.05, 4.69) is 29.6 Å². The Morgan fingerprint density at radius 3 is 2.35 bits per heavy atom. The van der Waals surface area contributed by atoms with E-state index in [1.807, 2.05) is 31.2 Å². The molecular formula is C27H32N2O5. The van der Waals surface area contributed by atoms with Crippen molar-refractivity contribution in [2.45, 2.75) is 56.9 Å². The first-order chi connectivity index (χ1) is 16.5. The Hall–Kier alpha value is -3.35. The molecule has 0 radical (unpaired) electrons. The lowest BCUT2D eigenvalue weighted by atomic mass is 9.90. The Labute approximate surface area is 200 Å². The number of alkyl carbamates (subject to hydrolysis) is 1. The van der Waals surface area contributed by atoms with Crippen molar-refractivity contribution in [3.05, 3.63) is 59.7 Å². The second kappa shape index (κ2) is 10.3. The molecule has 1 aliphatic heterocycles. The molecule has 2 amide bonds. The molecule has 1 fully saturated rings. The standard InChI is InChI=1S/C27H32N2O5/c1-2-14-27(25(31)32)15-8-17-29(27)24(30)13-7-16-28-26(33)34-18-23-21-11-5-3-9-19(21)20-10-4-6-12-22(20)23/h3-6,9-12,23H,2,7-8,13-18H2,1H3,(H,28,33)(H,31,32). The van der Waals surface area contributed by atoms with Crippen LogP contribution in [0.1, 0.15) is 62.5 Å².